The Bertz CT molecular complexity index is 5680. The smallest absolute Gasteiger partial charge is 0.207 e. The minimum absolute atomic E-state index is 0.0260. The Kier molecular flexibility index (Phi) is 11.7. The third-order valence-electron chi connectivity index (χ3n) is 17.4. The summed E-state index contributed by atoms with van der Waals surface area (Å²) in [6.07, 6.45) is 14.4. The molecule has 8 heterocycles. The summed E-state index contributed by atoms with van der Waals surface area (Å²) in [5.74, 6) is 0. The largest absolute Gasteiger partial charge is 0.305 e. The minimum Gasteiger partial charge on any atom is -0.305 e. The zero-order chi connectivity index (χ0) is 60.4. The van der Waals surface area contributed by atoms with E-state index in [0.717, 1.165) is 81.8 Å². The van der Waals surface area contributed by atoms with Crippen LogP contribution in [-0.2, 0) is 19.7 Å². The molecule has 0 spiro atoms. The molecule has 17 aromatic rings. The van der Waals surface area contributed by atoms with Gasteiger partial charge in [-0.1, -0.05) is 140 Å². The molecular formula is C75H45N9O4S2. The van der Waals surface area contributed by atoms with Crippen LogP contribution in [0.4, 0.5) is 0 Å². The number of nitrogens with zero attached hydrogens (tertiary/aromatic N) is 9. The van der Waals surface area contributed by atoms with Crippen molar-refractivity contribution >= 4 is 107 Å². The van der Waals surface area contributed by atoms with Crippen LogP contribution < -0.4 is 0 Å². The van der Waals surface area contributed by atoms with Gasteiger partial charge in [-0.15, -0.1) is 0 Å². The van der Waals surface area contributed by atoms with Crippen molar-refractivity contribution in [1.82, 2.24) is 38.2 Å². The van der Waals surface area contributed by atoms with Crippen LogP contribution in [0, 0.1) is 11.3 Å². The quantitative estimate of drug-likeness (QED) is 0.130. The molecule has 13 nitrogen and oxygen atoms in total. The fourth-order valence-corrected chi connectivity index (χ4v) is 16.6. The van der Waals surface area contributed by atoms with Gasteiger partial charge in [0.2, 0.25) is 19.7 Å². The van der Waals surface area contributed by atoms with Crippen LogP contribution in [0.15, 0.2) is 294 Å². The molecule has 0 atom stereocenters. The third-order valence-corrected chi connectivity index (χ3v) is 21.0. The van der Waals surface area contributed by atoms with Crippen molar-refractivity contribution in [3.8, 4) is 51.1 Å². The summed E-state index contributed by atoms with van der Waals surface area (Å²) in [6.45, 7) is 0. The molecule has 90 heavy (non-hydrogen) atoms. The number of nitriles is 1. The predicted molar refractivity (Wildman–Crippen MR) is 354 cm³/mol. The number of fused-ring (bicyclic) bond motifs is 12. The van der Waals surface area contributed by atoms with E-state index in [4.69, 9.17) is 19.9 Å². The number of para-hydroxylation sites is 4. The zero-order valence-electron chi connectivity index (χ0n) is 47.5. The van der Waals surface area contributed by atoms with Crippen molar-refractivity contribution in [2.75, 3.05) is 0 Å². The van der Waals surface area contributed by atoms with E-state index in [-0.39, 0.29) is 31.4 Å². The molecule has 0 amide bonds. The Morgan fingerprint density at radius 2 is 0.611 bits per heavy atom. The second-order valence-electron chi connectivity index (χ2n) is 22.1. The fourth-order valence-electron chi connectivity index (χ4n) is 13.7. The number of benzene rings is 9. The molecule has 0 N–H and O–H groups in total. The highest BCUT2D eigenvalue weighted by atomic mass is 32.2. The number of pyridine rings is 4. The van der Waals surface area contributed by atoms with Gasteiger partial charge in [-0.2, -0.15) is 5.26 Å². The molecule has 0 aliphatic heterocycles. The molecule has 0 aliphatic rings. The van der Waals surface area contributed by atoms with E-state index in [1.807, 2.05) is 128 Å². The van der Waals surface area contributed by atoms with Crippen molar-refractivity contribution in [2.24, 2.45) is 0 Å². The molecule has 426 valence electrons. The molecule has 0 unspecified atom stereocenters. The Morgan fingerprint density at radius 3 is 0.967 bits per heavy atom. The molecule has 15 heteroatoms. The second kappa shape index (κ2) is 20.1. The Morgan fingerprint density at radius 1 is 0.311 bits per heavy atom. The summed E-state index contributed by atoms with van der Waals surface area (Å²) in [6, 6.07) is 71.5. The Balaban J connectivity index is 1.28. The van der Waals surface area contributed by atoms with E-state index < -0.39 is 24.6 Å². The number of sulfone groups is 2. The molecule has 0 saturated heterocycles. The van der Waals surface area contributed by atoms with Crippen molar-refractivity contribution in [1.29, 1.82) is 5.26 Å². The fraction of sp³-hybridized carbons (Fsp3) is 0. The predicted octanol–water partition coefficient (Wildman–Crippen LogP) is 16.5. The van der Waals surface area contributed by atoms with Crippen molar-refractivity contribution in [2.45, 2.75) is 19.6 Å². The molecule has 0 aliphatic carbocycles. The lowest BCUT2D eigenvalue weighted by atomic mass is 9.89. The van der Waals surface area contributed by atoms with Crippen LogP contribution in [0.2, 0.25) is 0 Å². The maximum Gasteiger partial charge on any atom is 0.207 e. The lowest BCUT2D eigenvalue weighted by molar-refractivity contribution is 0.592. The van der Waals surface area contributed by atoms with E-state index in [9.17, 15) is 5.26 Å². The van der Waals surface area contributed by atoms with Crippen molar-refractivity contribution in [3.63, 3.8) is 0 Å². The van der Waals surface area contributed by atoms with Gasteiger partial charge in [0.05, 0.1) is 117 Å². The summed E-state index contributed by atoms with van der Waals surface area (Å²) >= 11 is 0. The van der Waals surface area contributed by atoms with Crippen LogP contribution >= 0.6 is 0 Å². The van der Waals surface area contributed by atoms with E-state index in [1.165, 1.54) is 36.4 Å². The summed E-state index contributed by atoms with van der Waals surface area (Å²) in [5.41, 5.74) is 9.09. The van der Waals surface area contributed by atoms with Crippen LogP contribution in [0.3, 0.4) is 0 Å². The molecule has 9 aromatic carbocycles. The monoisotopic (exact) mass is 1200 g/mol. The summed E-state index contributed by atoms with van der Waals surface area (Å²) < 4.78 is 74.0. The van der Waals surface area contributed by atoms with Gasteiger partial charge in [-0.25, -0.2) is 16.8 Å². The molecule has 0 fully saturated rings. The van der Waals surface area contributed by atoms with Gasteiger partial charge in [0.1, 0.15) is 6.07 Å². The van der Waals surface area contributed by atoms with Crippen molar-refractivity contribution < 1.29 is 16.8 Å². The van der Waals surface area contributed by atoms with Crippen molar-refractivity contribution in [3.05, 3.63) is 280 Å². The molecule has 0 radical (unpaired) electrons. The minimum atomic E-state index is -4.78. The summed E-state index contributed by atoms with van der Waals surface area (Å²) in [7, 11) is -9.44. The van der Waals surface area contributed by atoms with E-state index in [2.05, 4.69) is 72.9 Å². The highest BCUT2D eigenvalue weighted by Gasteiger charge is 2.39. The second-order valence-corrected chi connectivity index (χ2v) is 25.9. The van der Waals surface area contributed by atoms with Crippen LogP contribution in [0.25, 0.3) is 132 Å². The third kappa shape index (κ3) is 7.59. The average molecular weight is 1200 g/mol. The Labute approximate surface area is 514 Å². The number of aromatic nitrogens is 8. The van der Waals surface area contributed by atoms with Gasteiger partial charge < -0.3 is 18.3 Å². The number of hydrogen-bond acceptors (Lipinski definition) is 9. The van der Waals surface area contributed by atoms with Gasteiger partial charge in [-0.3, -0.25) is 19.9 Å². The molecule has 0 bridgehead atoms. The SMILES string of the molecule is N#Cc1cc(S(=O)(=O)c2ccccc2)c(-c2c(-n3c4ccccc4c4ccncc43)c(-n3c4ccccc4c4ccncc43)c(-c3ccccc3)c(-n3c4ccccc4c4ccncc43)c2-n2c3ccccc3c3ccncc32)cc1S(=O)(=O)c1ccccc1. The molecule has 17 rings (SSSR count). The maximum absolute atomic E-state index is 16.7. The molecule has 8 aromatic heterocycles. The van der Waals surface area contributed by atoms with Crippen LogP contribution in [0.5, 0.6) is 0 Å². The first-order valence-electron chi connectivity index (χ1n) is 29.0. The number of hydrogen-bond donors (Lipinski definition) is 0. The van der Waals surface area contributed by atoms with Gasteiger partial charge in [0, 0.05) is 84.6 Å². The van der Waals surface area contributed by atoms with Gasteiger partial charge >= 0.3 is 0 Å². The topological polar surface area (TPSA) is 163 Å². The molecule has 0 saturated carbocycles. The first kappa shape index (κ1) is 52.5. The lowest BCUT2D eigenvalue weighted by Gasteiger charge is -2.32. The van der Waals surface area contributed by atoms with Gasteiger partial charge in [0.15, 0.2) is 0 Å². The number of rotatable bonds is 10. The van der Waals surface area contributed by atoms with E-state index >= 15 is 16.8 Å². The molecular weight excluding hydrogens is 1160 g/mol. The van der Waals surface area contributed by atoms with Gasteiger partial charge in [-0.05, 0) is 90.5 Å². The highest BCUT2D eigenvalue weighted by Crippen LogP contribution is 2.56. The van der Waals surface area contributed by atoms with Crippen LogP contribution in [0.1, 0.15) is 5.56 Å². The summed E-state index contributed by atoms with van der Waals surface area (Å²) in [5, 5.41) is 18.5. The Hall–Kier alpha value is -11.8. The highest BCUT2D eigenvalue weighted by molar-refractivity contribution is 7.92. The van der Waals surface area contributed by atoms with E-state index in [0.29, 0.717) is 39.3 Å². The standard InChI is InChI=1S/C75H45N9O4S2/c76-42-48-40-69(90(87,88)50-22-8-3-9-23-50)59(41-68(48)89(85,86)49-20-6-2-7-21-49)71-74(83-62-30-16-12-26-53(62)57-34-38-79-45-66(57)83)72(81-60-28-14-10-24-51(60)55-32-36-77-43-64(55)81)70(47-18-4-1-5-19-47)73(82-61-29-15-11-25-52(61)56-33-37-78-44-65(56)82)75(71)84-63-31-17-13-27-54(63)58-35-39-80-46-67(58)84/h1-41,43-46H. The van der Waals surface area contributed by atoms with E-state index in [1.54, 1.807) is 61.2 Å². The first-order valence-corrected chi connectivity index (χ1v) is 32.0. The normalized spacial score (nSPS) is 12.2. The van der Waals surface area contributed by atoms with Gasteiger partial charge in [0.25, 0.3) is 0 Å². The first-order chi connectivity index (χ1) is 44.2. The lowest BCUT2D eigenvalue weighted by Crippen LogP contribution is -2.17. The maximum atomic E-state index is 16.7. The zero-order valence-corrected chi connectivity index (χ0v) is 49.1. The summed E-state index contributed by atoms with van der Waals surface area (Å²) in [4.78, 5) is 18.6. The average Bonchev–Trinajstić information content (AvgIpc) is 1.37. The van der Waals surface area contributed by atoms with Crippen LogP contribution in [-0.4, -0.2) is 55.0 Å².